The Morgan fingerprint density at radius 1 is 0.778 bits per heavy atom. The molecule has 1 heterocycles. The highest BCUT2D eigenvalue weighted by Crippen LogP contribution is 2.40. The summed E-state index contributed by atoms with van der Waals surface area (Å²) in [6.45, 7) is 6.11. The second-order valence-corrected chi connectivity index (χ2v) is 7.02. The molecule has 1 aliphatic rings. The number of carbonyl (C=O) groups is 1. The van der Waals surface area contributed by atoms with Gasteiger partial charge in [-0.05, 0) is 43.0 Å². The highest BCUT2D eigenvalue weighted by atomic mass is 16.6. The monoisotopic (exact) mass is 355 g/mol. The molecular weight excluding hydrogens is 334 g/mol. The summed E-state index contributed by atoms with van der Waals surface area (Å²) in [5.74, 6) is 0.0250. The van der Waals surface area contributed by atoms with Crippen molar-refractivity contribution in [2.24, 2.45) is 4.99 Å². The van der Waals surface area contributed by atoms with Crippen LogP contribution in [0.1, 0.15) is 33.4 Å². The lowest BCUT2D eigenvalue weighted by atomic mass is 9.84. The number of carbonyl (C=O) groups excluding carboxylic acids is 1. The number of benzene rings is 3. The predicted octanol–water partition coefficient (Wildman–Crippen LogP) is 4.86. The van der Waals surface area contributed by atoms with Crippen LogP contribution < -0.4 is 0 Å². The van der Waals surface area contributed by atoms with Gasteiger partial charge in [-0.1, -0.05) is 78.4 Å². The van der Waals surface area contributed by atoms with Gasteiger partial charge in [0.2, 0.25) is 11.4 Å². The van der Waals surface area contributed by atoms with Gasteiger partial charge in [-0.3, -0.25) is 0 Å². The molecule has 0 aromatic heterocycles. The molecule has 0 aliphatic carbocycles. The van der Waals surface area contributed by atoms with Crippen LogP contribution in [-0.4, -0.2) is 11.9 Å². The molecule has 4 rings (SSSR count). The first kappa shape index (κ1) is 17.2. The number of esters is 1. The van der Waals surface area contributed by atoms with Crippen molar-refractivity contribution in [3.63, 3.8) is 0 Å². The lowest BCUT2D eigenvalue weighted by molar-refractivity contribution is -0.137. The van der Waals surface area contributed by atoms with Crippen LogP contribution in [0.3, 0.4) is 0 Å². The number of nitrogens with zero attached hydrogens (tertiary/aromatic N) is 1. The predicted molar refractivity (Wildman–Crippen MR) is 107 cm³/mol. The molecule has 0 bridgehead atoms. The molecular formula is C24H21NO2. The molecule has 0 radical (unpaired) electrons. The van der Waals surface area contributed by atoms with Gasteiger partial charge in [0.1, 0.15) is 0 Å². The number of rotatable bonds is 3. The quantitative estimate of drug-likeness (QED) is 0.630. The molecule has 1 aliphatic heterocycles. The van der Waals surface area contributed by atoms with E-state index in [1.54, 1.807) is 0 Å². The highest BCUT2D eigenvalue weighted by Gasteiger charge is 2.49. The molecule has 134 valence electrons. The number of ether oxygens (including phenoxy) is 1. The van der Waals surface area contributed by atoms with Gasteiger partial charge in [0.15, 0.2) is 0 Å². The number of hydrogen-bond acceptors (Lipinski definition) is 3. The molecule has 0 atom stereocenters. The third-order valence-corrected chi connectivity index (χ3v) is 5.03. The second kappa shape index (κ2) is 6.51. The summed E-state index contributed by atoms with van der Waals surface area (Å²) in [4.78, 5) is 18.1. The Morgan fingerprint density at radius 2 is 1.26 bits per heavy atom. The molecule has 3 aromatic carbocycles. The zero-order valence-electron chi connectivity index (χ0n) is 15.7. The van der Waals surface area contributed by atoms with Crippen LogP contribution in [0.5, 0.6) is 0 Å². The van der Waals surface area contributed by atoms with E-state index in [0.29, 0.717) is 5.90 Å². The number of aliphatic imine (C=N–C) groups is 1. The van der Waals surface area contributed by atoms with Crippen molar-refractivity contribution in [1.82, 2.24) is 0 Å². The van der Waals surface area contributed by atoms with Gasteiger partial charge in [-0.15, -0.1) is 0 Å². The topological polar surface area (TPSA) is 38.7 Å². The van der Waals surface area contributed by atoms with Gasteiger partial charge in [-0.2, -0.15) is 0 Å². The van der Waals surface area contributed by atoms with Crippen molar-refractivity contribution >= 4 is 11.9 Å². The van der Waals surface area contributed by atoms with E-state index in [4.69, 9.17) is 9.73 Å². The lowest BCUT2D eigenvalue weighted by Gasteiger charge is -2.23. The maximum atomic E-state index is 13.2. The first-order chi connectivity index (χ1) is 13.0. The van der Waals surface area contributed by atoms with Crippen molar-refractivity contribution in [3.05, 3.63) is 106 Å². The smallest absolute Gasteiger partial charge is 0.350 e. The molecule has 3 nitrogen and oxygen atoms in total. The van der Waals surface area contributed by atoms with Crippen molar-refractivity contribution in [1.29, 1.82) is 0 Å². The minimum atomic E-state index is -1.18. The van der Waals surface area contributed by atoms with E-state index in [1.807, 2.05) is 74.5 Å². The minimum Gasteiger partial charge on any atom is -0.405 e. The summed E-state index contributed by atoms with van der Waals surface area (Å²) in [6, 6.07) is 23.4. The largest absolute Gasteiger partial charge is 0.405 e. The number of cyclic esters (lactones) is 1. The minimum absolute atomic E-state index is 0.366. The van der Waals surface area contributed by atoms with E-state index in [-0.39, 0.29) is 5.97 Å². The summed E-state index contributed by atoms with van der Waals surface area (Å²) >= 11 is 0. The molecule has 0 fully saturated rings. The number of aryl methyl sites for hydroxylation is 3. The maximum Gasteiger partial charge on any atom is 0.350 e. The van der Waals surface area contributed by atoms with E-state index < -0.39 is 5.54 Å². The Kier molecular flexibility index (Phi) is 4.15. The Labute approximate surface area is 159 Å². The summed E-state index contributed by atoms with van der Waals surface area (Å²) in [7, 11) is 0. The van der Waals surface area contributed by atoms with Crippen LogP contribution in [0, 0.1) is 20.8 Å². The van der Waals surface area contributed by atoms with E-state index in [1.165, 1.54) is 5.56 Å². The van der Waals surface area contributed by atoms with E-state index in [2.05, 4.69) is 19.1 Å². The van der Waals surface area contributed by atoms with Gasteiger partial charge in [0.25, 0.3) is 0 Å². The third-order valence-electron chi connectivity index (χ3n) is 5.03. The lowest BCUT2D eigenvalue weighted by Crippen LogP contribution is -2.32. The fraction of sp³-hybridized carbons (Fsp3) is 0.167. The fourth-order valence-electron chi connectivity index (χ4n) is 3.90. The van der Waals surface area contributed by atoms with Crippen LogP contribution in [-0.2, 0) is 15.1 Å². The fourth-order valence-corrected chi connectivity index (χ4v) is 3.90. The summed E-state index contributed by atoms with van der Waals surface area (Å²) in [5.41, 5.74) is 4.60. The molecule has 3 heteroatoms. The van der Waals surface area contributed by atoms with E-state index in [9.17, 15) is 4.79 Å². The summed E-state index contributed by atoms with van der Waals surface area (Å²) < 4.78 is 5.78. The van der Waals surface area contributed by atoms with Gasteiger partial charge in [-0.25, -0.2) is 9.79 Å². The summed E-state index contributed by atoms with van der Waals surface area (Å²) in [5, 5.41) is 0. The Morgan fingerprint density at radius 3 is 1.74 bits per heavy atom. The highest BCUT2D eigenvalue weighted by molar-refractivity contribution is 6.11. The Balaban J connectivity index is 1.97. The Hall–Kier alpha value is -3.20. The first-order valence-corrected chi connectivity index (χ1v) is 9.04. The van der Waals surface area contributed by atoms with Crippen molar-refractivity contribution < 1.29 is 9.53 Å². The van der Waals surface area contributed by atoms with Crippen LogP contribution >= 0.6 is 0 Å². The van der Waals surface area contributed by atoms with Crippen molar-refractivity contribution in [2.75, 3.05) is 0 Å². The first-order valence-electron chi connectivity index (χ1n) is 9.04. The van der Waals surface area contributed by atoms with Crippen LogP contribution in [0.2, 0.25) is 0 Å². The van der Waals surface area contributed by atoms with Gasteiger partial charge >= 0.3 is 5.97 Å². The van der Waals surface area contributed by atoms with Crippen LogP contribution in [0.15, 0.2) is 77.8 Å². The van der Waals surface area contributed by atoms with Crippen LogP contribution in [0.4, 0.5) is 0 Å². The molecule has 0 amide bonds. The standard InChI is InChI=1S/C24H21NO2/c1-16-14-17(2)21(18(3)15-16)22-25-24(23(26)27-22,19-10-6-4-7-11-19)20-12-8-5-9-13-20/h4-15H,1-3H3. The molecule has 0 unspecified atom stereocenters. The molecule has 27 heavy (non-hydrogen) atoms. The maximum absolute atomic E-state index is 13.2. The molecule has 0 saturated heterocycles. The van der Waals surface area contributed by atoms with Crippen molar-refractivity contribution in [2.45, 2.75) is 26.3 Å². The van der Waals surface area contributed by atoms with Gasteiger partial charge in [0.05, 0.1) is 0 Å². The third kappa shape index (κ3) is 2.76. The summed E-state index contributed by atoms with van der Waals surface area (Å²) in [6.07, 6.45) is 0. The molecule has 0 saturated carbocycles. The average Bonchev–Trinajstić information content (AvgIpc) is 3.00. The van der Waals surface area contributed by atoms with Crippen LogP contribution in [0.25, 0.3) is 0 Å². The second-order valence-electron chi connectivity index (χ2n) is 7.02. The zero-order valence-corrected chi connectivity index (χ0v) is 15.7. The zero-order chi connectivity index (χ0) is 19.0. The average molecular weight is 355 g/mol. The number of hydrogen-bond donors (Lipinski definition) is 0. The van der Waals surface area contributed by atoms with Crippen molar-refractivity contribution in [3.8, 4) is 0 Å². The normalized spacial score (nSPS) is 15.4. The molecule has 3 aromatic rings. The van der Waals surface area contributed by atoms with Gasteiger partial charge in [0, 0.05) is 5.56 Å². The molecule has 0 spiro atoms. The van der Waals surface area contributed by atoms with Gasteiger partial charge < -0.3 is 4.74 Å². The SMILES string of the molecule is Cc1cc(C)c(C2=NC(c3ccccc3)(c3ccccc3)C(=O)O2)c(C)c1. The van der Waals surface area contributed by atoms with E-state index in [0.717, 1.165) is 27.8 Å². The Bertz CT molecular complexity index is 974. The van der Waals surface area contributed by atoms with E-state index >= 15 is 0 Å². The molecule has 0 N–H and O–H groups in total.